The van der Waals surface area contributed by atoms with E-state index in [2.05, 4.69) is 0 Å². The summed E-state index contributed by atoms with van der Waals surface area (Å²) in [6, 6.07) is 10.2. The maximum Gasteiger partial charge on any atom is 0.187 e. The Morgan fingerprint density at radius 2 is 1.50 bits per heavy atom. The quantitative estimate of drug-likeness (QED) is 0.368. The Morgan fingerprint density at radius 1 is 0.850 bits per heavy atom. The van der Waals surface area contributed by atoms with Crippen molar-refractivity contribution >= 4 is 58.3 Å². The average Bonchev–Trinajstić information content (AvgIpc) is 2.44. The Hall–Kier alpha value is -0.990. The van der Waals surface area contributed by atoms with Crippen LogP contribution in [0.3, 0.4) is 0 Å². The fourth-order valence-corrected chi connectivity index (χ4v) is 2.31. The summed E-state index contributed by atoms with van der Waals surface area (Å²) < 4.78 is 0. The van der Waals surface area contributed by atoms with E-state index in [9.17, 15) is 4.79 Å². The zero-order valence-corrected chi connectivity index (χ0v) is 13.1. The van der Waals surface area contributed by atoms with Gasteiger partial charge in [0.1, 0.15) is 0 Å². The number of hydrogen-bond acceptors (Lipinski definition) is 1. The maximum absolute atomic E-state index is 12.1. The lowest BCUT2D eigenvalue weighted by molar-refractivity contribution is 0.104. The first kappa shape index (κ1) is 15.4. The summed E-state index contributed by atoms with van der Waals surface area (Å²) in [5.74, 6) is -0.247. The highest BCUT2D eigenvalue weighted by Gasteiger charge is 2.12. The van der Waals surface area contributed by atoms with Crippen molar-refractivity contribution in [3.8, 4) is 0 Å². The minimum Gasteiger partial charge on any atom is -0.289 e. The largest absolute Gasteiger partial charge is 0.289 e. The lowest BCUT2D eigenvalue weighted by atomic mass is 10.1. The summed E-state index contributed by atoms with van der Waals surface area (Å²) in [5, 5.41) is 1.29. The maximum atomic E-state index is 12.1. The highest BCUT2D eigenvalue weighted by molar-refractivity contribution is 6.49. The van der Waals surface area contributed by atoms with Crippen LogP contribution < -0.4 is 0 Å². The Morgan fingerprint density at radius 3 is 2.15 bits per heavy atom. The van der Waals surface area contributed by atoms with Crippen molar-refractivity contribution in [1.29, 1.82) is 0 Å². The van der Waals surface area contributed by atoms with E-state index in [-0.39, 0.29) is 15.8 Å². The number of ketones is 1. The molecule has 0 atom stereocenters. The first-order valence-electron chi connectivity index (χ1n) is 5.60. The number of benzene rings is 2. The van der Waals surface area contributed by atoms with Crippen LogP contribution in [0.1, 0.15) is 15.9 Å². The fraction of sp³-hybridized carbons (Fsp3) is 0. The molecule has 2 aromatic rings. The van der Waals surface area contributed by atoms with Crippen LogP contribution in [0.15, 0.2) is 42.5 Å². The predicted octanol–water partition coefficient (Wildman–Crippen LogP) is 6.20. The van der Waals surface area contributed by atoms with Crippen LogP contribution in [-0.4, -0.2) is 5.78 Å². The molecule has 0 fully saturated rings. The molecular weight excluding hydrogens is 338 g/mol. The van der Waals surface area contributed by atoms with Gasteiger partial charge in [0.15, 0.2) is 5.78 Å². The Balaban J connectivity index is 2.24. The minimum absolute atomic E-state index is 0.157. The molecule has 0 bridgehead atoms. The molecule has 0 N–H and O–H groups in total. The molecule has 0 saturated heterocycles. The van der Waals surface area contributed by atoms with E-state index in [1.54, 1.807) is 30.3 Å². The van der Waals surface area contributed by atoms with Gasteiger partial charge in [0.25, 0.3) is 0 Å². The Labute approximate surface area is 136 Å². The minimum atomic E-state index is -0.247. The predicted molar refractivity (Wildman–Crippen MR) is 86.3 cm³/mol. The van der Waals surface area contributed by atoms with Crippen LogP contribution in [0.25, 0.3) is 6.08 Å². The molecular formula is C15H8Cl4O. The van der Waals surface area contributed by atoms with Crippen LogP contribution >= 0.6 is 46.4 Å². The molecule has 0 unspecified atom stereocenters. The molecule has 2 rings (SSSR count). The summed E-state index contributed by atoms with van der Waals surface area (Å²) in [5.41, 5.74) is 1.17. The molecule has 0 amide bonds. The summed E-state index contributed by atoms with van der Waals surface area (Å²) in [4.78, 5) is 12.1. The third-order valence-electron chi connectivity index (χ3n) is 2.60. The van der Waals surface area contributed by atoms with Gasteiger partial charge >= 0.3 is 0 Å². The second-order valence-corrected chi connectivity index (χ2v) is 5.57. The summed E-state index contributed by atoms with van der Waals surface area (Å²) in [6.45, 7) is 0. The fourth-order valence-electron chi connectivity index (χ4n) is 1.55. The zero-order chi connectivity index (χ0) is 14.7. The van der Waals surface area contributed by atoms with E-state index in [0.29, 0.717) is 15.6 Å². The number of halogens is 4. The van der Waals surface area contributed by atoms with E-state index in [4.69, 9.17) is 46.4 Å². The van der Waals surface area contributed by atoms with Crippen molar-refractivity contribution < 1.29 is 4.79 Å². The van der Waals surface area contributed by atoms with Gasteiger partial charge in [-0.3, -0.25) is 4.79 Å². The van der Waals surface area contributed by atoms with Gasteiger partial charge in [-0.05, 0) is 35.9 Å². The highest BCUT2D eigenvalue weighted by atomic mass is 35.5. The molecule has 0 aliphatic rings. The van der Waals surface area contributed by atoms with Gasteiger partial charge in [0.2, 0.25) is 0 Å². The first-order chi connectivity index (χ1) is 9.49. The number of carbonyl (C=O) groups is 1. The highest BCUT2D eigenvalue weighted by Crippen LogP contribution is 2.33. The zero-order valence-electron chi connectivity index (χ0n) is 10.0. The molecule has 20 heavy (non-hydrogen) atoms. The van der Waals surface area contributed by atoms with Crippen molar-refractivity contribution in [3.05, 3.63) is 73.7 Å². The van der Waals surface area contributed by atoms with Crippen LogP contribution in [0.2, 0.25) is 20.1 Å². The van der Waals surface area contributed by atoms with Crippen molar-refractivity contribution in [2.75, 3.05) is 0 Å². The van der Waals surface area contributed by atoms with Crippen molar-refractivity contribution in [2.45, 2.75) is 0 Å². The number of carbonyl (C=O) groups excluding carboxylic acids is 1. The molecule has 0 aliphatic carbocycles. The first-order valence-corrected chi connectivity index (χ1v) is 7.11. The van der Waals surface area contributed by atoms with Gasteiger partial charge < -0.3 is 0 Å². The van der Waals surface area contributed by atoms with E-state index < -0.39 is 0 Å². The van der Waals surface area contributed by atoms with Crippen LogP contribution in [-0.2, 0) is 0 Å². The molecule has 0 saturated carbocycles. The number of allylic oxidation sites excluding steroid dienone is 1. The third kappa shape index (κ3) is 3.56. The normalized spacial score (nSPS) is 11.0. The number of rotatable bonds is 3. The lowest BCUT2D eigenvalue weighted by Crippen LogP contribution is -1.96. The molecule has 0 spiro atoms. The van der Waals surface area contributed by atoms with Gasteiger partial charge in [-0.2, -0.15) is 0 Å². The topological polar surface area (TPSA) is 17.1 Å². The van der Waals surface area contributed by atoms with Crippen LogP contribution in [0.4, 0.5) is 0 Å². The van der Waals surface area contributed by atoms with Gasteiger partial charge in [-0.25, -0.2) is 0 Å². The van der Waals surface area contributed by atoms with Crippen LogP contribution in [0, 0.1) is 0 Å². The molecule has 0 radical (unpaired) electrons. The van der Waals surface area contributed by atoms with E-state index in [1.165, 1.54) is 6.08 Å². The summed E-state index contributed by atoms with van der Waals surface area (Å²) >= 11 is 23.5. The second kappa shape index (κ2) is 6.64. The lowest BCUT2D eigenvalue weighted by Gasteiger charge is -2.03. The van der Waals surface area contributed by atoms with Gasteiger partial charge in [0.05, 0.1) is 15.1 Å². The van der Waals surface area contributed by atoms with E-state index in [0.717, 1.165) is 5.56 Å². The molecule has 2 aromatic carbocycles. The van der Waals surface area contributed by atoms with Gasteiger partial charge in [-0.15, -0.1) is 0 Å². The monoisotopic (exact) mass is 344 g/mol. The van der Waals surface area contributed by atoms with Crippen molar-refractivity contribution in [1.82, 2.24) is 0 Å². The summed E-state index contributed by atoms with van der Waals surface area (Å²) in [6.07, 6.45) is 3.10. The molecule has 0 aliphatic heterocycles. The Kier molecular flexibility index (Phi) is 5.11. The second-order valence-electron chi connectivity index (χ2n) is 3.97. The van der Waals surface area contributed by atoms with E-state index in [1.807, 2.05) is 12.1 Å². The SMILES string of the molecule is O=C(/C=C/c1ccc(Cl)cc1)c1ccc(Cl)c(Cl)c1Cl. The summed E-state index contributed by atoms with van der Waals surface area (Å²) in [7, 11) is 0. The molecule has 5 heteroatoms. The van der Waals surface area contributed by atoms with Gasteiger partial charge in [-0.1, -0.05) is 64.6 Å². The molecule has 0 aromatic heterocycles. The third-order valence-corrected chi connectivity index (χ3v) is 4.14. The van der Waals surface area contributed by atoms with Crippen molar-refractivity contribution in [2.24, 2.45) is 0 Å². The van der Waals surface area contributed by atoms with Crippen molar-refractivity contribution in [3.63, 3.8) is 0 Å². The van der Waals surface area contributed by atoms with E-state index >= 15 is 0 Å². The Bertz CT molecular complexity index is 675. The molecule has 102 valence electrons. The standard InChI is InChI=1S/C15H8Cl4O/c16-10-4-1-9(2-5-10)3-8-13(20)11-6-7-12(17)15(19)14(11)18/h1-8H/b8-3+. The van der Waals surface area contributed by atoms with Gasteiger partial charge in [0, 0.05) is 10.6 Å². The smallest absolute Gasteiger partial charge is 0.187 e. The molecule has 1 nitrogen and oxygen atoms in total. The average molecular weight is 346 g/mol. The number of hydrogen-bond donors (Lipinski definition) is 0. The molecule has 0 heterocycles. The van der Waals surface area contributed by atoms with Crippen LogP contribution in [0.5, 0.6) is 0 Å².